The second-order valence-electron chi connectivity index (χ2n) is 12.7. The largest absolute Gasteiger partial charge is 0.354 e. The molecule has 1 aliphatic carbocycles. The van der Waals surface area contributed by atoms with Gasteiger partial charge in [-0.1, -0.05) is 30.3 Å². The molecule has 2 heterocycles. The van der Waals surface area contributed by atoms with Crippen molar-refractivity contribution in [1.29, 1.82) is 0 Å². The molecule has 1 aromatic heterocycles. The quantitative estimate of drug-likeness (QED) is 0.156. The van der Waals surface area contributed by atoms with Crippen molar-refractivity contribution in [3.63, 3.8) is 0 Å². The number of nitrogens with zero attached hydrogens (tertiary/aromatic N) is 1. The number of aromatic nitrogens is 2. The Morgan fingerprint density at radius 3 is 2.47 bits per heavy atom. The van der Waals surface area contributed by atoms with Crippen LogP contribution in [0.2, 0.25) is 0 Å². The number of carbonyl (C=O) groups excluding carboxylic acids is 4. The molecule has 7 N–H and O–H groups in total. The third-order valence-electron chi connectivity index (χ3n) is 9.44. The first-order valence-electron chi connectivity index (χ1n) is 16.3. The maximum absolute atomic E-state index is 13.6. The van der Waals surface area contributed by atoms with Crippen LogP contribution in [0.4, 0.5) is 5.69 Å². The average Bonchev–Trinajstić information content (AvgIpc) is 3.72. The van der Waals surface area contributed by atoms with Gasteiger partial charge < -0.3 is 27.0 Å². The summed E-state index contributed by atoms with van der Waals surface area (Å²) < 4.78 is 0. The minimum absolute atomic E-state index is 0.102. The molecule has 4 amide bonds. The molecule has 4 aromatic rings. The van der Waals surface area contributed by atoms with Gasteiger partial charge in [0.1, 0.15) is 12.1 Å². The number of nitrogens with one attached hydrogen (secondary N) is 5. The van der Waals surface area contributed by atoms with E-state index in [4.69, 9.17) is 5.73 Å². The summed E-state index contributed by atoms with van der Waals surface area (Å²) >= 11 is 0. The molecule has 1 saturated carbocycles. The number of hydrogen-bond donors (Lipinski definition) is 6. The lowest BCUT2D eigenvalue weighted by atomic mass is 9.81. The first-order valence-corrected chi connectivity index (χ1v) is 16.3. The Hall–Kier alpha value is -5.03. The molecular weight excluding hydrogens is 594 g/mol. The van der Waals surface area contributed by atoms with E-state index in [9.17, 15) is 19.2 Å². The first kappa shape index (κ1) is 31.9. The highest BCUT2D eigenvalue weighted by atomic mass is 16.2. The van der Waals surface area contributed by atoms with Crippen LogP contribution in [0.5, 0.6) is 0 Å². The molecule has 0 bridgehead atoms. The Morgan fingerprint density at radius 2 is 1.77 bits per heavy atom. The smallest absolute Gasteiger partial charge is 0.251 e. The van der Waals surface area contributed by atoms with Crippen molar-refractivity contribution in [3.05, 3.63) is 83.6 Å². The van der Waals surface area contributed by atoms with Crippen molar-refractivity contribution < 1.29 is 19.2 Å². The van der Waals surface area contributed by atoms with Crippen molar-refractivity contribution in [2.24, 2.45) is 17.6 Å². The van der Waals surface area contributed by atoms with E-state index in [1.807, 2.05) is 61.5 Å². The van der Waals surface area contributed by atoms with Crippen LogP contribution in [0.25, 0.3) is 22.0 Å². The molecule has 1 saturated heterocycles. The molecule has 11 heteroatoms. The van der Waals surface area contributed by atoms with Crippen molar-refractivity contribution in [3.8, 4) is 11.1 Å². The minimum atomic E-state index is -0.778. The average molecular weight is 636 g/mol. The summed E-state index contributed by atoms with van der Waals surface area (Å²) in [6, 6.07) is 17.6. The normalized spacial score (nSPS) is 20.0. The number of H-pyrrole nitrogens is 1. The van der Waals surface area contributed by atoms with Gasteiger partial charge in [0.2, 0.25) is 17.7 Å². The van der Waals surface area contributed by atoms with Crippen molar-refractivity contribution in [1.82, 2.24) is 26.1 Å². The summed E-state index contributed by atoms with van der Waals surface area (Å²) in [7, 11) is 0. The highest BCUT2D eigenvalue weighted by molar-refractivity contribution is 6.00. The lowest BCUT2D eigenvalue weighted by Gasteiger charge is -2.28. The van der Waals surface area contributed by atoms with Gasteiger partial charge >= 0.3 is 0 Å². The van der Waals surface area contributed by atoms with Gasteiger partial charge in [-0.25, -0.2) is 0 Å². The number of aromatic amines is 1. The van der Waals surface area contributed by atoms with E-state index >= 15 is 0 Å². The second kappa shape index (κ2) is 14.2. The van der Waals surface area contributed by atoms with E-state index in [2.05, 4.69) is 31.5 Å². The van der Waals surface area contributed by atoms with Gasteiger partial charge in [-0.3, -0.25) is 24.3 Å². The first-order chi connectivity index (χ1) is 22.8. The van der Waals surface area contributed by atoms with Crippen LogP contribution in [0.1, 0.15) is 53.6 Å². The molecule has 2 atom stereocenters. The predicted octanol–water partition coefficient (Wildman–Crippen LogP) is 3.59. The van der Waals surface area contributed by atoms with Gasteiger partial charge in [0.05, 0.1) is 11.7 Å². The topological polar surface area (TPSA) is 171 Å². The third-order valence-corrected chi connectivity index (χ3v) is 9.44. The Balaban J connectivity index is 1.15. The molecule has 2 fully saturated rings. The van der Waals surface area contributed by atoms with Gasteiger partial charge in [0.15, 0.2) is 0 Å². The van der Waals surface area contributed by atoms with Crippen molar-refractivity contribution in [2.75, 3.05) is 18.4 Å². The van der Waals surface area contributed by atoms with E-state index in [1.54, 1.807) is 12.3 Å². The van der Waals surface area contributed by atoms with Crippen LogP contribution in [-0.2, 0) is 20.8 Å². The summed E-state index contributed by atoms with van der Waals surface area (Å²) in [6.45, 7) is 3.14. The van der Waals surface area contributed by atoms with Gasteiger partial charge in [0, 0.05) is 35.5 Å². The van der Waals surface area contributed by atoms with E-state index < -0.39 is 12.1 Å². The number of nitrogens with two attached hydrogens (primary N) is 1. The summed E-state index contributed by atoms with van der Waals surface area (Å²) in [5.41, 5.74) is 11.5. The van der Waals surface area contributed by atoms with Crippen LogP contribution >= 0.6 is 0 Å². The van der Waals surface area contributed by atoms with Crippen LogP contribution in [-0.4, -0.2) is 59.0 Å². The molecule has 47 heavy (non-hydrogen) atoms. The summed E-state index contributed by atoms with van der Waals surface area (Å²) in [5.74, 6) is -0.519. The van der Waals surface area contributed by atoms with E-state index in [1.165, 1.54) is 0 Å². The van der Waals surface area contributed by atoms with E-state index in [0.29, 0.717) is 43.1 Å². The highest BCUT2D eigenvalue weighted by Gasteiger charge is 2.30. The Bertz CT molecular complexity index is 1780. The summed E-state index contributed by atoms with van der Waals surface area (Å²) in [5, 5.41) is 19.5. The zero-order chi connectivity index (χ0) is 32.9. The van der Waals surface area contributed by atoms with Crippen LogP contribution in [0, 0.1) is 18.8 Å². The number of anilines is 1. The lowest BCUT2D eigenvalue weighted by molar-refractivity contribution is -0.130. The number of carbonyl (C=O) groups is 4. The van der Waals surface area contributed by atoms with E-state index in [-0.39, 0.29) is 29.5 Å². The predicted molar refractivity (Wildman–Crippen MR) is 180 cm³/mol. The Morgan fingerprint density at radius 1 is 0.979 bits per heavy atom. The molecule has 0 spiro atoms. The number of fused-ring (bicyclic) bond motifs is 1. The van der Waals surface area contributed by atoms with Gasteiger partial charge in [-0.15, -0.1) is 0 Å². The van der Waals surface area contributed by atoms with Gasteiger partial charge in [-0.05, 0) is 104 Å². The van der Waals surface area contributed by atoms with Crippen LogP contribution in [0.15, 0.2) is 66.9 Å². The van der Waals surface area contributed by atoms with Gasteiger partial charge in [-0.2, -0.15) is 5.10 Å². The standard InChI is InChI=1S/C36H41N7O4/c1-21-16-26(34(45)41-30-14-15-38-35(30)46)11-13-29(21)24-6-2-22(3-7-24)17-32(42-33(44)25-8-4-23(19-37)5-9-25)36(47)40-28-12-10-27-20-39-43-31(27)18-28/h2-3,6-7,10-13,16,18,20,23,25,30,32H,4-5,8-9,14-15,17,19,37H2,1H3,(H,38,46)(H,39,43)(H,40,47)(H,41,45)(H,42,44). The molecule has 6 rings (SSSR count). The molecular formula is C36H41N7O4. The van der Waals surface area contributed by atoms with Crippen LogP contribution in [0.3, 0.4) is 0 Å². The molecule has 0 radical (unpaired) electrons. The van der Waals surface area contributed by atoms with E-state index in [0.717, 1.165) is 58.8 Å². The SMILES string of the molecule is Cc1cc(C(=O)NC2CCNC2=O)ccc1-c1ccc(CC(NC(=O)C2CCC(CN)CC2)C(=O)Nc2ccc3cn[nH]c3c2)cc1. The molecule has 2 unspecified atom stereocenters. The summed E-state index contributed by atoms with van der Waals surface area (Å²) in [6.07, 6.45) is 5.98. The molecule has 1 aliphatic heterocycles. The fourth-order valence-corrected chi connectivity index (χ4v) is 6.56. The number of amides is 4. The Kier molecular flexibility index (Phi) is 9.63. The number of aryl methyl sites for hydroxylation is 1. The lowest BCUT2D eigenvalue weighted by Crippen LogP contribution is -2.48. The molecule has 244 valence electrons. The number of rotatable bonds is 10. The monoisotopic (exact) mass is 635 g/mol. The van der Waals surface area contributed by atoms with Crippen molar-refractivity contribution >= 4 is 40.2 Å². The number of benzene rings is 3. The van der Waals surface area contributed by atoms with Crippen LogP contribution < -0.4 is 27.0 Å². The molecule has 3 aromatic carbocycles. The maximum atomic E-state index is 13.6. The summed E-state index contributed by atoms with van der Waals surface area (Å²) in [4.78, 5) is 51.6. The molecule has 11 nitrogen and oxygen atoms in total. The zero-order valence-corrected chi connectivity index (χ0v) is 26.5. The fraction of sp³-hybridized carbons (Fsp3) is 0.361. The third kappa shape index (κ3) is 7.52. The van der Waals surface area contributed by atoms with Gasteiger partial charge in [0.25, 0.3) is 5.91 Å². The Labute approximate surface area is 273 Å². The highest BCUT2D eigenvalue weighted by Crippen LogP contribution is 2.29. The number of hydrogen-bond acceptors (Lipinski definition) is 6. The maximum Gasteiger partial charge on any atom is 0.251 e. The zero-order valence-electron chi connectivity index (χ0n) is 26.5. The molecule has 2 aliphatic rings. The van der Waals surface area contributed by atoms with Crippen molar-refractivity contribution in [2.45, 2.75) is 57.5 Å². The minimum Gasteiger partial charge on any atom is -0.354 e. The fourth-order valence-electron chi connectivity index (χ4n) is 6.56. The second-order valence-corrected chi connectivity index (χ2v) is 12.7.